The lowest BCUT2D eigenvalue weighted by molar-refractivity contribution is -0.190. The van der Waals surface area contributed by atoms with Crippen molar-refractivity contribution in [1.29, 1.82) is 0 Å². The van der Waals surface area contributed by atoms with Gasteiger partial charge >= 0.3 is 11.9 Å². The van der Waals surface area contributed by atoms with Crippen molar-refractivity contribution in [3.63, 3.8) is 0 Å². The number of hydrogen-bond donors (Lipinski definition) is 1. The van der Waals surface area contributed by atoms with Crippen molar-refractivity contribution in [1.82, 2.24) is 5.06 Å². The SMILES string of the molecule is CC(=O)ON1CCC(SCC(=O)O)C1=O. The predicted molar refractivity (Wildman–Crippen MR) is 52.0 cm³/mol. The Balaban J connectivity index is 2.42. The van der Waals surface area contributed by atoms with Crippen molar-refractivity contribution in [3.8, 4) is 0 Å². The molecule has 1 unspecified atom stereocenters. The lowest BCUT2D eigenvalue weighted by Crippen LogP contribution is -2.30. The number of carbonyl (C=O) groups is 3. The fourth-order valence-corrected chi connectivity index (χ4v) is 2.08. The zero-order valence-electron chi connectivity index (χ0n) is 8.13. The molecule has 1 N–H and O–H groups in total. The van der Waals surface area contributed by atoms with Crippen LogP contribution in [0.2, 0.25) is 0 Å². The molecule has 0 aromatic carbocycles. The first-order valence-corrected chi connectivity index (χ1v) is 5.39. The lowest BCUT2D eigenvalue weighted by atomic mass is 10.4. The second kappa shape index (κ2) is 5.01. The van der Waals surface area contributed by atoms with E-state index in [0.29, 0.717) is 13.0 Å². The summed E-state index contributed by atoms with van der Waals surface area (Å²) in [5.74, 6) is -1.97. The average Bonchev–Trinajstić information content (AvgIpc) is 2.44. The van der Waals surface area contributed by atoms with Gasteiger partial charge in [-0.25, -0.2) is 0 Å². The third-order valence-corrected chi connectivity index (χ3v) is 3.02. The van der Waals surface area contributed by atoms with Gasteiger partial charge in [0.05, 0.1) is 17.5 Å². The molecule has 1 rings (SSSR count). The number of hydrogen-bond acceptors (Lipinski definition) is 5. The number of carboxylic acids is 1. The van der Waals surface area contributed by atoms with Crippen molar-refractivity contribution in [2.24, 2.45) is 0 Å². The summed E-state index contributed by atoms with van der Waals surface area (Å²) >= 11 is 1.05. The van der Waals surface area contributed by atoms with Gasteiger partial charge in [-0.1, -0.05) is 0 Å². The van der Waals surface area contributed by atoms with Crippen LogP contribution in [-0.4, -0.2) is 45.6 Å². The van der Waals surface area contributed by atoms with Gasteiger partial charge in [0.2, 0.25) is 0 Å². The molecule has 0 radical (unpaired) electrons. The highest BCUT2D eigenvalue weighted by Crippen LogP contribution is 2.23. The third kappa shape index (κ3) is 3.43. The molecule has 15 heavy (non-hydrogen) atoms. The van der Waals surface area contributed by atoms with Gasteiger partial charge in [0.25, 0.3) is 5.91 Å². The Bertz CT molecular complexity index is 293. The van der Waals surface area contributed by atoms with Gasteiger partial charge in [-0.05, 0) is 6.42 Å². The van der Waals surface area contributed by atoms with Crippen LogP contribution in [-0.2, 0) is 19.2 Å². The quantitative estimate of drug-likeness (QED) is 0.729. The molecule has 7 heteroatoms. The summed E-state index contributed by atoms with van der Waals surface area (Å²) < 4.78 is 0. The van der Waals surface area contributed by atoms with Crippen LogP contribution in [0.1, 0.15) is 13.3 Å². The Morgan fingerprint density at radius 3 is 2.87 bits per heavy atom. The maximum Gasteiger partial charge on any atom is 0.329 e. The molecule has 1 heterocycles. The standard InChI is InChI=1S/C8H11NO5S/c1-5(10)14-9-3-2-6(8(9)13)15-4-7(11)12/h6H,2-4H2,1H3,(H,11,12). The lowest BCUT2D eigenvalue weighted by Gasteiger charge is -2.13. The smallest absolute Gasteiger partial charge is 0.329 e. The number of thioether (sulfide) groups is 1. The minimum Gasteiger partial charge on any atom is -0.481 e. The normalized spacial score (nSPS) is 20.5. The van der Waals surface area contributed by atoms with Crippen LogP contribution in [0.25, 0.3) is 0 Å². The Hall–Kier alpha value is -1.24. The van der Waals surface area contributed by atoms with Crippen LogP contribution in [0.4, 0.5) is 0 Å². The van der Waals surface area contributed by atoms with E-state index in [1.54, 1.807) is 0 Å². The van der Waals surface area contributed by atoms with E-state index >= 15 is 0 Å². The second-order valence-corrected chi connectivity index (χ2v) is 4.20. The first-order chi connectivity index (χ1) is 7.00. The number of hydroxylamine groups is 2. The van der Waals surface area contributed by atoms with Crippen LogP contribution in [0.5, 0.6) is 0 Å². The predicted octanol–water partition coefficient (Wildman–Crippen LogP) is -0.117. The Kier molecular flexibility index (Phi) is 3.96. The van der Waals surface area contributed by atoms with Crippen molar-refractivity contribution >= 4 is 29.6 Å². The van der Waals surface area contributed by atoms with E-state index in [2.05, 4.69) is 4.84 Å². The van der Waals surface area contributed by atoms with Crippen LogP contribution in [0.3, 0.4) is 0 Å². The summed E-state index contributed by atoms with van der Waals surface area (Å²) in [4.78, 5) is 37.0. The molecule has 0 aliphatic carbocycles. The second-order valence-electron chi connectivity index (χ2n) is 3.01. The summed E-state index contributed by atoms with van der Waals surface area (Å²) in [7, 11) is 0. The van der Waals surface area contributed by atoms with Gasteiger partial charge in [0, 0.05) is 6.92 Å². The number of carbonyl (C=O) groups excluding carboxylic acids is 2. The highest BCUT2D eigenvalue weighted by Gasteiger charge is 2.34. The summed E-state index contributed by atoms with van der Waals surface area (Å²) in [6.45, 7) is 1.54. The molecule has 84 valence electrons. The van der Waals surface area contributed by atoms with Crippen molar-refractivity contribution in [2.75, 3.05) is 12.3 Å². The molecule has 0 saturated carbocycles. The van der Waals surface area contributed by atoms with Gasteiger partial charge in [0.15, 0.2) is 0 Å². The Morgan fingerprint density at radius 2 is 2.33 bits per heavy atom. The van der Waals surface area contributed by atoms with Crippen molar-refractivity contribution < 1.29 is 24.3 Å². The maximum absolute atomic E-state index is 11.5. The summed E-state index contributed by atoms with van der Waals surface area (Å²) in [6.07, 6.45) is 0.504. The van der Waals surface area contributed by atoms with Crippen LogP contribution in [0, 0.1) is 0 Å². The molecule has 0 aromatic heterocycles. The minimum absolute atomic E-state index is 0.121. The van der Waals surface area contributed by atoms with Gasteiger partial charge in [-0.15, -0.1) is 11.8 Å². The average molecular weight is 233 g/mol. The molecule has 0 bridgehead atoms. The first kappa shape index (κ1) is 11.8. The number of amides is 1. The number of rotatable bonds is 4. The van der Waals surface area contributed by atoms with Crippen LogP contribution >= 0.6 is 11.8 Å². The summed E-state index contributed by atoms with van der Waals surface area (Å²) in [5.41, 5.74) is 0. The molecule has 1 aliphatic heterocycles. The largest absolute Gasteiger partial charge is 0.481 e. The molecule has 1 saturated heterocycles. The number of carboxylic acid groups (broad SMARTS) is 1. The van der Waals surface area contributed by atoms with Crippen molar-refractivity contribution in [3.05, 3.63) is 0 Å². The molecular formula is C8H11NO5S. The van der Waals surface area contributed by atoms with Crippen molar-refractivity contribution in [2.45, 2.75) is 18.6 Å². The van der Waals surface area contributed by atoms with Gasteiger partial charge in [-0.3, -0.25) is 14.4 Å². The van der Waals surface area contributed by atoms with Crippen LogP contribution < -0.4 is 0 Å². The number of aliphatic carboxylic acids is 1. The fourth-order valence-electron chi connectivity index (χ4n) is 1.20. The molecule has 1 atom stereocenters. The topological polar surface area (TPSA) is 83.9 Å². The monoisotopic (exact) mass is 233 g/mol. The highest BCUT2D eigenvalue weighted by atomic mass is 32.2. The number of nitrogens with zero attached hydrogens (tertiary/aromatic N) is 1. The first-order valence-electron chi connectivity index (χ1n) is 4.34. The summed E-state index contributed by atoms with van der Waals surface area (Å²) in [5, 5.41) is 9.01. The Morgan fingerprint density at radius 1 is 1.67 bits per heavy atom. The van der Waals surface area contributed by atoms with Gasteiger partial charge in [0.1, 0.15) is 0 Å². The highest BCUT2D eigenvalue weighted by molar-refractivity contribution is 8.01. The summed E-state index contributed by atoms with van der Waals surface area (Å²) in [6, 6.07) is 0. The molecule has 1 fully saturated rings. The Labute approximate surface area is 90.5 Å². The minimum atomic E-state index is -0.960. The maximum atomic E-state index is 11.5. The molecule has 1 aliphatic rings. The van der Waals surface area contributed by atoms with E-state index in [-0.39, 0.29) is 11.7 Å². The molecule has 0 spiro atoms. The van der Waals surface area contributed by atoms with E-state index < -0.39 is 17.2 Å². The van der Waals surface area contributed by atoms with E-state index in [0.717, 1.165) is 16.8 Å². The van der Waals surface area contributed by atoms with E-state index in [1.807, 2.05) is 0 Å². The zero-order valence-corrected chi connectivity index (χ0v) is 8.95. The third-order valence-electron chi connectivity index (χ3n) is 1.76. The molecule has 1 amide bonds. The van der Waals surface area contributed by atoms with E-state index in [9.17, 15) is 14.4 Å². The van der Waals surface area contributed by atoms with Gasteiger partial charge in [-0.2, -0.15) is 5.06 Å². The van der Waals surface area contributed by atoms with E-state index in [4.69, 9.17) is 5.11 Å². The van der Waals surface area contributed by atoms with Crippen LogP contribution in [0.15, 0.2) is 0 Å². The molecule has 6 nitrogen and oxygen atoms in total. The molecular weight excluding hydrogens is 222 g/mol. The van der Waals surface area contributed by atoms with Gasteiger partial charge < -0.3 is 9.94 Å². The molecule has 0 aromatic rings. The van der Waals surface area contributed by atoms with E-state index in [1.165, 1.54) is 6.92 Å². The fraction of sp³-hybridized carbons (Fsp3) is 0.625. The zero-order chi connectivity index (χ0) is 11.4.